The molecule has 2 aliphatic heterocycles. The third-order valence-electron chi connectivity index (χ3n) is 6.69. The Hall–Kier alpha value is -3.74. The largest absolute Gasteiger partial charge is 0.426 e. The Bertz CT molecular complexity index is 1140. The number of nitrogens with zero attached hydrogens (tertiary/aromatic N) is 2. The molecule has 3 amide bonds. The highest BCUT2D eigenvalue weighted by atomic mass is 16.5. The number of hydrogen-bond acceptors (Lipinski definition) is 5. The topological polar surface area (TPSA) is 84.0 Å². The zero-order valence-corrected chi connectivity index (χ0v) is 18.3. The number of hydrogen-bond donors (Lipinski definition) is 0. The number of aryl methyl sites for hydroxylation is 1. The van der Waals surface area contributed by atoms with E-state index < -0.39 is 11.9 Å². The SMILES string of the molecule is Cc1ccccc1N1C[C@H](C(=O)Oc2ccc(N3C(=O)[C@H]4CC=CC[C@H]4C3=O)cc2)CC1=O. The average Bonchev–Trinajstić information content (AvgIpc) is 3.33. The van der Waals surface area contributed by atoms with Crippen LogP contribution in [-0.4, -0.2) is 30.2 Å². The minimum atomic E-state index is -0.561. The van der Waals surface area contributed by atoms with Crippen LogP contribution in [-0.2, 0) is 19.2 Å². The molecule has 3 aliphatic rings. The van der Waals surface area contributed by atoms with E-state index in [1.165, 1.54) is 4.90 Å². The number of rotatable bonds is 4. The van der Waals surface area contributed by atoms with Gasteiger partial charge in [0.2, 0.25) is 17.7 Å². The van der Waals surface area contributed by atoms with Gasteiger partial charge in [0.25, 0.3) is 0 Å². The number of para-hydroxylation sites is 1. The monoisotopic (exact) mass is 444 g/mol. The molecule has 5 rings (SSSR count). The molecule has 0 spiro atoms. The number of ether oxygens (including phenoxy) is 1. The van der Waals surface area contributed by atoms with Gasteiger partial charge in [0.1, 0.15) is 5.75 Å². The molecule has 0 aromatic heterocycles. The number of esters is 1. The Kier molecular flexibility index (Phi) is 5.32. The van der Waals surface area contributed by atoms with Gasteiger partial charge in [-0.25, -0.2) is 0 Å². The van der Waals surface area contributed by atoms with Crippen LogP contribution in [0, 0.1) is 24.7 Å². The summed E-state index contributed by atoms with van der Waals surface area (Å²) in [7, 11) is 0. The van der Waals surface area contributed by atoms with E-state index in [9.17, 15) is 19.2 Å². The molecule has 0 saturated carbocycles. The maximum atomic E-state index is 12.7. The fraction of sp³-hybridized carbons (Fsp3) is 0.308. The van der Waals surface area contributed by atoms with E-state index in [0.29, 0.717) is 24.3 Å². The molecular formula is C26H24N2O5. The van der Waals surface area contributed by atoms with Gasteiger partial charge in [-0.3, -0.25) is 24.1 Å². The number of carbonyl (C=O) groups excluding carboxylic acids is 4. The predicted molar refractivity (Wildman–Crippen MR) is 122 cm³/mol. The van der Waals surface area contributed by atoms with E-state index in [1.807, 2.05) is 43.3 Å². The van der Waals surface area contributed by atoms with Crippen molar-refractivity contribution in [3.05, 3.63) is 66.2 Å². The highest BCUT2D eigenvalue weighted by molar-refractivity contribution is 6.22. The lowest BCUT2D eigenvalue weighted by Crippen LogP contribution is -2.30. The van der Waals surface area contributed by atoms with Crippen LogP contribution in [0.25, 0.3) is 0 Å². The quantitative estimate of drug-likeness (QED) is 0.312. The van der Waals surface area contributed by atoms with E-state index in [0.717, 1.165) is 11.3 Å². The van der Waals surface area contributed by atoms with Gasteiger partial charge in [0, 0.05) is 18.7 Å². The maximum Gasteiger partial charge on any atom is 0.316 e. The summed E-state index contributed by atoms with van der Waals surface area (Å²) < 4.78 is 5.51. The summed E-state index contributed by atoms with van der Waals surface area (Å²) in [6, 6.07) is 13.9. The van der Waals surface area contributed by atoms with E-state index in [4.69, 9.17) is 4.74 Å². The minimum Gasteiger partial charge on any atom is -0.426 e. The highest BCUT2D eigenvalue weighted by Gasteiger charge is 2.47. The summed E-state index contributed by atoms with van der Waals surface area (Å²) in [4.78, 5) is 53.6. The summed E-state index contributed by atoms with van der Waals surface area (Å²) in [5.74, 6) is -1.79. The van der Waals surface area contributed by atoms with Crippen molar-refractivity contribution < 1.29 is 23.9 Å². The van der Waals surface area contributed by atoms with Crippen LogP contribution < -0.4 is 14.5 Å². The third-order valence-corrected chi connectivity index (χ3v) is 6.69. The number of anilines is 2. The third kappa shape index (κ3) is 3.73. The molecule has 1 aliphatic carbocycles. The van der Waals surface area contributed by atoms with Crippen molar-refractivity contribution in [1.29, 1.82) is 0 Å². The van der Waals surface area contributed by atoms with Crippen LogP contribution in [0.5, 0.6) is 5.75 Å². The summed E-state index contributed by atoms with van der Waals surface area (Å²) in [5, 5.41) is 0. The van der Waals surface area contributed by atoms with E-state index >= 15 is 0 Å². The average molecular weight is 444 g/mol. The number of benzene rings is 2. The molecule has 0 unspecified atom stereocenters. The number of fused-ring (bicyclic) bond motifs is 1. The zero-order chi connectivity index (χ0) is 23.1. The van der Waals surface area contributed by atoms with Crippen molar-refractivity contribution in [1.82, 2.24) is 0 Å². The van der Waals surface area contributed by atoms with E-state index in [2.05, 4.69) is 0 Å². The van der Waals surface area contributed by atoms with Crippen LogP contribution in [0.4, 0.5) is 11.4 Å². The molecule has 0 bridgehead atoms. The van der Waals surface area contributed by atoms with Crippen LogP contribution in [0.3, 0.4) is 0 Å². The summed E-state index contributed by atoms with van der Waals surface area (Å²) in [5.41, 5.74) is 2.25. The smallest absolute Gasteiger partial charge is 0.316 e. The molecule has 2 fully saturated rings. The molecule has 0 N–H and O–H groups in total. The first-order chi connectivity index (χ1) is 15.9. The molecule has 7 heteroatoms. The normalized spacial score (nSPS) is 24.4. The molecule has 7 nitrogen and oxygen atoms in total. The molecule has 2 heterocycles. The summed E-state index contributed by atoms with van der Waals surface area (Å²) in [6.07, 6.45) is 5.17. The molecule has 3 atom stereocenters. The first-order valence-electron chi connectivity index (χ1n) is 11.1. The van der Waals surface area contributed by atoms with Gasteiger partial charge in [-0.1, -0.05) is 30.4 Å². The fourth-order valence-electron chi connectivity index (χ4n) is 4.88. The molecular weight excluding hydrogens is 420 g/mol. The van der Waals surface area contributed by atoms with Crippen molar-refractivity contribution in [3.63, 3.8) is 0 Å². The molecule has 2 saturated heterocycles. The van der Waals surface area contributed by atoms with Gasteiger partial charge in [-0.15, -0.1) is 0 Å². The number of imide groups is 1. The van der Waals surface area contributed by atoms with Gasteiger partial charge in [0.05, 0.1) is 23.4 Å². The number of allylic oxidation sites excluding steroid dienone is 2. The van der Waals surface area contributed by atoms with Gasteiger partial charge in [0.15, 0.2) is 0 Å². The second-order valence-corrected chi connectivity index (χ2v) is 8.77. The summed E-state index contributed by atoms with van der Waals surface area (Å²) in [6.45, 7) is 2.20. The first kappa shape index (κ1) is 21.1. The Morgan fingerprint density at radius 3 is 2.18 bits per heavy atom. The van der Waals surface area contributed by atoms with Crippen molar-refractivity contribution >= 4 is 35.1 Å². The highest BCUT2D eigenvalue weighted by Crippen LogP contribution is 2.38. The van der Waals surface area contributed by atoms with Gasteiger partial charge in [-0.05, 0) is 55.7 Å². The molecule has 2 aromatic carbocycles. The zero-order valence-electron chi connectivity index (χ0n) is 18.3. The Morgan fingerprint density at radius 1 is 0.909 bits per heavy atom. The van der Waals surface area contributed by atoms with Crippen molar-refractivity contribution in [2.24, 2.45) is 17.8 Å². The van der Waals surface area contributed by atoms with Gasteiger partial charge < -0.3 is 9.64 Å². The van der Waals surface area contributed by atoms with Gasteiger partial charge in [-0.2, -0.15) is 0 Å². The first-order valence-corrected chi connectivity index (χ1v) is 11.1. The van der Waals surface area contributed by atoms with Crippen molar-refractivity contribution in [2.75, 3.05) is 16.3 Å². The second kappa shape index (κ2) is 8.31. The maximum absolute atomic E-state index is 12.7. The summed E-state index contributed by atoms with van der Waals surface area (Å²) >= 11 is 0. The van der Waals surface area contributed by atoms with Crippen LogP contribution >= 0.6 is 0 Å². The molecule has 33 heavy (non-hydrogen) atoms. The van der Waals surface area contributed by atoms with Crippen LogP contribution in [0.1, 0.15) is 24.8 Å². The van der Waals surface area contributed by atoms with Crippen LogP contribution in [0.2, 0.25) is 0 Å². The Labute approximate surface area is 191 Å². The lowest BCUT2D eigenvalue weighted by molar-refractivity contribution is -0.139. The van der Waals surface area contributed by atoms with Crippen molar-refractivity contribution in [3.8, 4) is 5.75 Å². The number of carbonyl (C=O) groups is 4. The van der Waals surface area contributed by atoms with E-state index in [-0.39, 0.29) is 42.5 Å². The molecule has 2 aromatic rings. The van der Waals surface area contributed by atoms with E-state index in [1.54, 1.807) is 29.2 Å². The second-order valence-electron chi connectivity index (χ2n) is 8.77. The Balaban J connectivity index is 1.25. The minimum absolute atomic E-state index is 0.0961. The number of amides is 3. The van der Waals surface area contributed by atoms with Gasteiger partial charge >= 0.3 is 5.97 Å². The predicted octanol–water partition coefficient (Wildman–Crippen LogP) is 3.41. The molecule has 0 radical (unpaired) electrons. The fourth-order valence-corrected chi connectivity index (χ4v) is 4.88. The Morgan fingerprint density at radius 2 is 1.55 bits per heavy atom. The standard InChI is InChI=1S/C26H24N2O5/c1-16-6-2-5-9-22(16)27-15-17(14-23(27)29)26(32)33-19-12-10-18(11-13-19)28-24(30)20-7-3-4-8-21(20)25(28)31/h2-6,9-13,17,20-21H,7-8,14-15H2,1H3/t17-,20-,21+/m1/s1. The van der Waals surface area contributed by atoms with Crippen molar-refractivity contribution in [2.45, 2.75) is 26.2 Å². The van der Waals surface area contributed by atoms with Crippen LogP contribution in [0.15, 0.2) is 60.7 Å². The lowest BCUT2D eigenvalue weighted by Gasteiger charge is -2.18. The lowest BCUT2D eigenvalue weighted by atomic mass is 9.85. The molecule has 168 valence electrons.